The smallest absolute Gasteiger partial charge is 0.301 e. The minimum Gasteiger partial charge on any atom is -0.301 e. The molecule has 0 fully saturated rings. The van der Waals surface area contributed by atoms with Crippen LogP contribution in [-0.2, 0) is 13.6 Å². The third-order valence-corrected chi connectivity index (χ3v) is 2.09. The van der Waals surface area contributed by atoms with E-state index in [0.29, 0.717) is 12.2 Å². The molecule has 72 valence electrons. The number of rotatable bonds is 2. The first-order valence-corrected chi connectivity index (χ1v) is 4.35. The first-order valence-electron chi connectivity index (χ1n) is 4.35. The lowest BCUT2D eigenvalue weighted by Crippen LogP contribution is -2.39. The van der Waals surface area contributed by atoms with E-state index in [9.17, 15) is 9.59 Å². The first kappa shape index (κ1) is 9.77. The molecule has 0 saturated heterocycles. The molecule has 0 aliphatic carbocycles. The highest BCUT2D eigenvalue weighted by Crippen LogP contribution is 1.86. The van der Waals surface area contributed by atoms with Crippen molar-refractivity contribution < 1.29 is 0 Å². The number of aromatic nitrogens is 2. The van der Waals surface area contributed by atoms with Crippen LogP contribution in [0.3, 0.4) is 0 Å². The molecule has 4 nitrogen and oxygen atoms in total. The fraction of sp³-hybridized carbons (Fsp3) is 0.556. The predicted molar refractivity (Wildman–Crippen MR) is 51.0 cm³/mol. The number of nitrogens with zero attached hydrogens (tertiary/aromatic N) is 2. The van der Waals surface area contributed by atoms with Crippen LogP contribution >= 0.6 is 0 Å². The van der Waals surface area contributed by atoms with Crippen molar-refractivity contribution in [2.75, 3.05) is 0 Å². The lowest BCUT2D eigenvalue weighted by atomic mass is 10.4. The second-order valence-electron chi connectivity index (χ2n) is 3.12. The molecule has 0 radical (unpaired) electrons. The van der Waals surface area contributed by atoms with Crippen molar-refractivity contribution in [3.05, 3.63) is 32.6 Å². The fourth-order valence-electron chi connectivity index (χ4n) is 1.21. The van der Waals surface area contributed by atoms with Gasteiger partial charge in [0.1, 0.15) is 0 Å². The maximum atomic E-state index is 11.5. The zero-order valence-electron chi connectivity index (χ0n) is 8.20. The molecule has 0 amide bonds. The van der Waals surface area contributed by atoms with E-state index in [1.54, 1.807) is 14.0 Å². The van der Waals surface area contributed by atoms with Crippen molar-refractivity contribution in [2.45, 2.75) is 26.8 Å². The van der Waals surface area contributed by atoms with Crippen LogP contribution in [0.15, 0.2) is 15.7 Å². The number of hydrogen-bond acceptors (Lipinski definition) is 2. The summed E-state index contributed by atoms with van der Waals surface area (Å²) in [5, 5.41) is 0. The van der Waals surface area contributed by atoms with Crippen molar-refractivity contribution in [1.82, 2.24) is 9.13 Å². The molecule has 0 aliphatic heterocycles. The third-order valence-electron chi connectivity index (χ3n) is 2.09. The van der Waals surface area contributed by atoms with Gasteiger partial charge in [0, 0.05) is 25.4 Å². The highest BCUT2D eigenvalue weighted by atomic mass is 16.2. The van der Waals surface area contributed by atoms with Crippen LogP contribution in [0.4, 0.5) is 0 Å². The molecule has 0 aliphatic rings. The van der Waals surface area contributed by atoms with Crippen LogP contribution in [0.25, 0.3) is 0 Å². The van der Waals surface area contributed by atoms with E-state index >= 15 is 0 Å². The van der Waals surface area contributed by atoms with Crippen molar-refractivity contribution in [3.63, 3.8) is 0 Å². The van der Waals surface area contributed by atoms with E-state index in [1.807, 2.05) is 6.92 Å². The summed E-state index contributed by atoms with van der Waals surface area (Å²) in [4.78, 5) is 22.9. The maximum absolute atomic E-state index is 11.5. The lowest BCUT2D eigenvalue weighted by Gasteiger charge is -2.07. The van der Waals surface area contributed by atoms with Gasteiger partial charge in [-0.25, -0.2) is 4.79 Å². The van der Waals surface area contributed by atoms with E-state index in [4.69, 9.17) is 0 Å². The van der Waals surface area contributed by atoms with E-state index < -0.39 is 0 Å². The normalized spacial score (nSPS) is 10.4. The van der Waals surface area contributed by atoms with Crippen LogP contribution in [0, 0.1) is 6.92 Å². The Morgan fingerprint density at radius 2 is 2.00 bits per heavy atom. The van der Waals surface area contributed by atoms with Crippen LogP contribution in [0.1, 0.15) is 19.0 Å². The molecule has 1 heterocycles. The fourth-order valence-corrected chi connectivity index (χ4v) is 1.21. The summed E-state index contributed by atoms with van der Waals surface area (Å²) in [5.41, 5.74) is 0.261. The second kappa shape index (κ2) is 3.60. The van der Waals surface area contributed by atoms with Crippen LogP contribution in [0.5, 0.6) is 0 Å². The zero-order chi connectivity index (χ0) is 10.0. The van der Waals surface area contributed by atoms with E-state index in [0.717, 1.165) is 6.42 Å². The van der Waals surface area contributed by atoms with Crippen molar-refractivity contribution >= 4 is 0 Å². The first-order chi connectivity index (χ1) is 6.07. The molecule has 1 rings (SSSR count). The molecule has 0 atom stereocenters. The Kier molecular flexibility index (Phi) is 2.70. The van der Waals surface area contributed by atoms with Crippen molar-refractivity contribution in [2.24, 2.45) is 7.05 Å². The van der Waals surface area contributed by atoms with E-state index in [2.05, 4.69) is 0 Å². The average molecular weight is 182 g/mol. The third kappa shape index (κ3) is 1.71. The molecule has 1 aromatic heterocycles. The van der Waals surface area contributed by atoms with Gasteiger partial charge in [-0.1, -0.05) is 6.92 Å². The molecule has 0 spiro atoms. The largest absolute Gasteiger partial charge is 0.330 e. The van der Waals surface area contributed by atoms with Crippen molar-refractivity contribution in [3.8, 4) is 0 Å². The Balaban J connectivity index is 3.45. The summed E-state index contributed by atoms with van der Waals surface area (Å²) in [6.45, 7) is 4.18. The van der Waals surface area contributed by atoms with Gasteiger partial charge in [-0.3, -0.25) is 9.36 Å². The Morgan fingerprint density at radius 1 is 1.38 bits per heavy atom. The standard InChI is InChI=1S/C9H14N2O2/c1-4-5-11-8(12)6-7(2)10(3)9(11)13/h6H,4-5H2,1-3H3. The Bertz CT molecular complexity index is 415. The minimum atomic E-state index is -0.230. The summed E-state index contributed by atoms with van der Waals surface area (Å²) < 4.78 is 2.74. The highest BCUT2D eigenvalue weighted by molar-refractivity contribution is 4.98. The minimum absolute atomic E-state index is 0.206. The second-order valence-corrected chi connectivity index (χ2v) is 3.12. The molecule has 0 bridgehead atoms. The number of hydrogen-bond donors (Lipinski definition) is 0. The number of aryl methyl sites for hydroxylation is 1. The van der Waals surface area contributed by atoms with Gasteiger partial charge in [0.15, 0.2) is 0 Å². The van der Waals surface area contributed by atoms with Crippen molar-refractivity contribution in [1.29, 1.82) is 0 Å². The molecule has 0 aromatic carbocycles. The van der Waals surface area contributed by atoms with Gasteiger partial charge in [0.05, 0.1) is 0 Å². The molecular formula is C9H14N2O2. The van der Waals surface area contributed by atoms with Crippen LogP contribution in [0.2, 0.25) is 0 Å². The molecule has 0 N–H and O–H groups in total. The quantitative estimate of drug-likeness (QED) is 0.658. The molecule has 4 heteroatoms. The monoisotopic (exact) mass is 182 g/mol. The Morgan fingerprint density at radius 3 is 2.54 bits per heavy atom. The molecule has 1 aromatic rings. The summed E-state index contributed by atoms with van der Waals surface area (Å²) >= 11 is 0. The Hall–Kier alpha value is -1.32. The van der Waals surface area contributed by atoms with Gasteiger partial charge < -0.3 is 4.57 Å². The van der Waals surface area contributed by atoms with Gasteiger partial charge in [-0.05, 0) is 13.3 Å². The molecular weight excluding hydrogens is 168 g/mol. The van der Waals surface area contributed by atoms with Gasteiger partial charge in [0.2, 0.25) is 0 Å². The van der Waals surface area contributed by atoms with E-state index in [-0.39, 0.29) is 11.2 Å². The summed E-state index contributed by atoms with van der Waals surface area (Å²) in [5.74, 6) is 0. The lowest BCUT2D eigenvalue weighted by molar-refractivity contribution is 0.573. The SMILES string of the molecule is CCCn1c(=O)cc(C)n(C)c1=O. The highest BCUT2D eigenvalue weighted by Gasteiger charge is 2.03. The zero-order valence-corrected chi connectivity index (χ0v) is 8.20. The summed E-state index contributed by atoms with van der Waals surface area (Å²) in [7, 11) is 1.67. The predicted octanol–water partition coefficient (Wildman–Crippen LogP) is 0.265. The van der Waals surface area contributed by atoms with Gasteiger partial charge >= 0.3 is 5.69 Å². The topological polar surface area (TPSA) is 44.0 Å². The van der Waals surface area contributed by atoms with Gasteiger partial charge in [0.25, 0.3) is 5.56 Å². The molecule has 0 saturated carbocycles. The summed E-state index contributed by atoms with van der Waals surface area (Å²) in [6, 6.07) is 1.48. The van der Waals surface area contributed by atoms with Gasteiger partial charge in [-0.15, -0.1) is 0 Å². The maximum Gasteiger partial charge on any atom is 0.330 e. The van der Waals surface area contributed by atoms with E-state index in [1.165, 1.54) is 15.2 Å². The Labute approximate surface area is 76.4 Å². The van der Waals surface area contributed by atoms with Gasteiger partial charge in [-0.2, -0.15) is 0 Å². The molecule has 0 unspecified atom stereocenters. The summed E-state index contributed by atoms with van der Waals surface area (Å²) in [6.07, 6.45) is 0.790. The molecule has 13 heavy (non-hydrogen) atoms. The van der Waals surface area contributed by atoms with Crippen LogP contribution in [-0.4, -0.2) is 9.13 Å². The average Bonchev–Trinajstić information content (AvgIpc) is 2.09. The van der Waals surface area contributed by atoms with Crippen LogP contribution < -0.4 is 11.2 Å².